The van der Waals surface area contributed by atoms with E-state index in [0.717, 1.165) is 15.0 Å². The number of fused-ring (bicyclic) bond motifs is 1. The van der Waals surface area contributed by atoms with Crippen LogP contribution in [0.15, 0.2) is 24.3 Å². The summed E-state index contributed by atoms with van der Waals surface area (Å²) in [7, 11) is 6.11. The summed E-state index contributed by atoms with van der Waals surface area (Å²) in [4.78, 5) is 13.2. The van der Waals surface area contributed by atoms with E-state index in [-0.39, 0.29) is 11.1 Å². The Labute approximate surface area is 172 Å². The molecule has 8 heteroatoms. The number of aliphatic hydroxyl groups is 1. The van der Waals surface area contributed by atoms with Gasteiger partial charge in [0, 0.05) is 33.2 Å². The highest BCUT2D eigenvalue weighted by Gasteiger charge is 2.27. The molecule has 0 amide bonds. The maximum absolute atomic E-state index is 12.3. The van der Waals surface area contributed by atoms with Gasteiger partial charge in [-0.3, -0.25) is 0 Å². The number of thiophene rings is 1. The van der Waals surface area contributed by atoms with Crippen molar-refractivity contribution in [1.29, 1.82) is 0 Å². The van der Waals surface area contributed by atoms with Gasteiger partial charge in [-0.25, -0.2) is 4.79 Å². The number of ether oxygens (including phenoxy) is 4. The zero-order valence-electron chi connectivity index (χ0n) is 16.6. The molecule has 2 aromatic carbocycles. The van der Waals surface area contributed by atoms with Crippen molar-refractivity contribution in [2.24, 2.45) is 0 Å². The zero-order valence-corrected chi connectivity index (χ0v) is 17.4. The lowest BCUT2D eigenvalue weighted by molar-refractivity contribution is 0.0693. The summed E-state index contributed by atoms with van der Waals surface area (Å²) in [5.41, 5.74) is 1.34. The minimum atomic E-state index is -1.15. The second-order valence-corrected chi connectivity index (χ2v) is 7.32. The second kappa shape index (κ2) is 8.69. The molecule has 0 spiro atoms. The van der Waals surface area contributed by atoms with Gasteiger partial charge in [-0.15, -0.1) is 11.3 Å². The van der Waals surface area contributed by atoms with Crippen LogP contribution in [0.1, 0.15) is 20.8 Å². The number of carbonyl (C=O) groups is 1. The zero-order chi connectivity index (χ0) is 21.1. The van der Waals surface area contributed by atoms with Crippen molar-refractivity contribution < 1.29 is 34.0 Å². The lowest BCUT2D eigenvalue weighted by atomic mass is 9.92. The highest BCUT2D eigenvalue weighted by atomic mass is 32.1. The van der Waals surface area contributed by atoms with Gasteiger partial charge in [-0.05, 0) is 23.8 Å². The Morgan fingerprint density at radius 3 is 2.31 bits per heavy atom. The van der Waals surface area contributed by atoms with Crippen LogP contribution in [0.3, 0.4) is 0 Å². The summed E-state index contributed by atoms with van der Waals surface area (Å²) in [6.07, 6.45) is 0. The highest BCUT2D eigenvalue weighted by Crippen LogP contribution is 2.46. The molecule has 0 aliphatic rings. The van der Waals surface area contributed by atoms with E-state index >= 15 is 0 Å². The van der Waals surface area contributed by atoms with E-state index in [0.29, 0.717) is 35.0 Å². The van der Waals surface area contributed by atoms with Crippen LogP contribution in [0.4, 0.5) is 0 Å². The predicted molar refractivity (Wildman–Crippen MR) is 111 cm³/mol. The molecule has 29 heavy (non-hydrogen) atoms. The van der Waals surface area contributed by atoms with E-state index in [9.17, 15) is 15.0 Å². The van der Waals surface area contributed by atoms with E-state index in [1.807, 2.05) is 6.07 Å². The van der Waals surface area contributed by atoms with Crippen LogP contribution in [-0.4, -0.2) is 44.6 Å². The molecule has 0 fully saturated rings. The van der Waals surface area contributed by atoms with Crippen molar-refractivity contribution in [3.8, 4) is 28.4 Å². The number of hydrogen-bond acceptors (Lipinski definition) is 7. The molecule has 0 saturated heterocycles. The lowest BCUT2D eigenvalue weighted by Crippen LogP contribution is -2.08. The van der Waals surface area contributed by atoms with Crippen molar-refractivity contribution in [2.45, 2.75) is 13.2 Å². The van der Waals surface area contributed by atoms with E-state index in [4.69, 9.17) is 18.9 Å². The summed E-state index contributed by atoms with van der Waals surface area (Å²) >= 11 is 1.42. The summed E-state index contributed by atoms with van der Waals surface area (Å²) in [5, 5.41) is 20.7. The number of benzene rings is 2. The van der Waals surface area contributed by atoms with Crippen LogP contribution in [0.2, 0.25) is 0 Å². The molecular formula is C21H22O7S. The molecule has 7 nitrogen and oxygen atoms in total. The van der Waals surface area contributed by atoms with Gasteiger partial charge < -0.3 is 29.2 Å². The monoisotopic (exact) mass is 418 g/mol. The predicted octanol–water partition coefficient (Wildman–Crippen LogP) is 3.93. The van der Waals surface area contributed by atoms with E-state index in [1.165, 1.54) is 32.7 Å². The van der Waals surface area contributed by atoms with Crippen molar-refractivity contribution in [3.05, 3.63) is 40.3 Å². The second-order valence-electron chi connectivity index (χ2n) is 6.18. The number of methoxy groups -OCH3 is 4. The lowest BCUT2D eigenvalue weighted by Gasteiger charge is -2.17. The smallest absolute Gasteiger partial charge is 0.336 e. The SMILES string of the molecule is COCc1cc2c(OC)c(CO)c(C(=O)O)c(-c3ccc(OC)c(OC)c3)c2s1. The van der Waals surface area contributed by atoms with E-state index < -0.39 is 12.6 Å². The third-order valence-corrected chi connectivity index (χ3v) is 5.74. The number of carboxylic acids is 1. The number of aliphatic hydroxyl groups excluding tert-OH is 1. The number of hydrogen-bond donors (Lipinski definition) is 2. The minimum Gasteiger partial charge on any atom is -0.496 e. The van der Waals surface area contributed by atoms with Crippen molar-refractivity contribution in [1.82, 2.24) is 0 Å². The third-order valence-electron chi connectivity index (χ3n) is 4.62. The number of carboxylic acid groups (broad SMARTS) is 1. The molecular weight excluding hydrogens is 396 g/mol. The van der Waals surface area contributed by atoms with Crippen molar-refractivity contribution in [3.63, 3.8) is 0 Å². The highest BCUT2D eigenvalue weighted by molar-refractivity contribution is 7.19. The average molecular weight is 418 g/mol. The number of aromatic carboxylic acids is 1. The number of rotatable bonds is 8. The van der Waals surface area contributed by atoms with Gasteiger partial charge in [0.1, 0.15) is 5.75 Å². The first kappa shape index (κ1) is 20.9. The van der Waals surface area contributed by atoms with Gasteiger partial charge in [-0.2, -0.15) is 0 Å². The Bertz CT molecular complexity index is 1060. The van der Waals surface area contributed by atoms with E-state index in [1.54, 1.807) is 25.3 Å². The van der Waals surface area contributed by atoms with Crippen molar-refractivity contribution in [2.75, 3.05) is 28.4 Å². The van der Waals surface area contributed by atoms with Crippen molar-refractivity contribution >= 4 is 27.4 Å². The topological polar surface area (TPSA) is 94.5 Å². The third kappa shape index (κ3) is 3.62. The van der Waals surface area contributed by atoms with Crippen LogP contribution in [0, 0.1) is 0 Å². The Balaban J connectivity index is 2.46. The minimum absolute atomic E-state index is 0.00473. The molecule has 154 valence electrons. The Hall–Kier alpha value is -2.81. The Kier molecular flexibility index (Phi) is 6.26. The Morgan fingerprint density at radius 2 is 1.76 bits per heavy atom. The molecule has 0 saturated carbocycles. The largest absolute Gasteiger partial charge is 0.496 e. The molecule has 0 unspecified atom stereocenters. The molecule has 3 rings (SSSR count). The van der Waals surface area contributed by atoms with Crippen LogP contribution >= 0.6 is 11.3 Å². The Morgan fingerprint density at radius 1 is 1.03 bits per heavy atom. The van der Waals surface area contributed by atoms with E-state index in [2.05, 4.69) is 0 Å². The normalized spacial score (nSPS) is 10.9. The quantitative estimate of drug-likeness (QED) is 0.572. The van der Waals surface area contributed by atoms with Crippen LogP contribution in [0.25, 0.3) is 21.2 Å². The standard InChI is InChI=1S/C21H22O7S/c1-25-10-12-8-13-19(28-4)14(9-22)18(21(23)24)17(20(13)29-12)11-5-6-15(26-2)16(7-11)27-3/h5-8,22H,9-10H2,1-4H3,(H,23,24). The molecule has 1 heterocycles. The maximum Gasteiger partial charge on any atom is 0.336 e. The molecule has 2 N–H and O–H groups in total. The summed E-state index contributed by atoms with van der Waals surface area (Å²) in [6.45, 7) is -0.0960. The van der Waals surface area contributed by atoms with Crippen LogP contribution in [-0.2, 0) is 18.0 Å². The fraction of sp³-hybridized carbons (Fsp3) is 0.286. The van der Waals surface area contributed by atoms with Gasteiger partial charge in [0.15, 0.2) is 11.5 Å². The van der Waals surface area contributed by atoms with Crippen LogP contribution < -0.4 is 14.2 Å². The van der Waals surface area contributed by atoms with Gasteiger partial charge >= 0.3 is 5.97 Å². The molecule has 1 aromatic heterocycles. The summed E-state index contributed by atoms with van der Waals surface area (Å²) in [5.74, 6) is 0.208. The summed E-state index contributed by atoms with van der Waals surface area (Å²) in [6, 6.07) is 7.12. The van der Waals surface area contributed by atoms with Crippen LogP contribution in [0.5, 0.6) is 17.2 Å². The average Bonchev–Trinajstić information content (AvgIpc) is 3.14. The molecule has 0 aliphatic carbocycles. The fourth-order valence-electron chi connectivity index (χ4n) is 3.44. The first-order valence-electron chi connectivity index (χ1n) is 8.71. The first-order chi connectivity index (χ1) is 14.0. The molecule has 3 aromatic rings. The van der Waals surface area contributed by atoms with Gasteiger partial charge in [0.2, 0.25) is 0 Å². The van der Waals surface area contributed by atoms with Gasteiger partial charge in [0.05, 0.1) is 40.1 Å². The molecule has 0 radical (unpaired) electrons. The molecule has 0 atom stereocenters. The molecule has 0 bridgehead atoms. The van der Waals surface area contributed by atoms with Gasteiger partial charge in [0.25, 0.3) is 0 Å². The molecule has 0 aliphatic heterocycles. The summed E-state index contributed by atoms with van der Waals surface area (Å²) < 4.78 is 22.2. The first-order valence-corrected chi connectivity index (χ1v) is 9.53. The van der Waals surface area contributed by atoms with Gasteiger partial charge in [-0.1, -0.05) is 6.07 Å². The maximum atomic E-state index is 12.3. The fourth-order valence-corrected chi connectivity index (χ4v) is 4.64.